The number of rotatable bonds is 3. The van der Waals surface area contributed by atoms with Crippen molar-refractivity contribution in [3.05, 3.63) is 46.6 Å². The summed E-state index contributed by atoms with van der Waals surface area (Å²) in [5, 5.41) is 4.13. The number of nitrogens with zero attached hydrogens (tertiary/aromatic N) is 3. The van der Waals surface area contributed by atoms with Crippen LogP contribution in [0.1, 0.15) is 12.7 Å². The van der Waals surface area contributed by atoms with E-state index in [0.29, 0.717) is 6.42 Å². The second kappa shape index (κ2) is 4.22. The molecule has 1 aromatic heterocycles. The largest absolute Gasteiger partial charge is 0.364 e. The van der Waals surface area contributed by atoms with Crippen molar-refractivity contribution in [2.45, 2.75) is 13.3 Å². The maximum absolute atomic E-state index is 11.8. The molecule has 0 saturated carbocycles. The molecule has 5 nitrogen and oxygen atoms in total. The molecule has 16 heavy (non-hydrogen) atoms. The molecule has 0 atom stereocenters. The molecule has 1 aromatic carbocycles. The molecule has 84 valence electrons. The van der Waals surface area contributed by atoms with E-state index in [2.05, 4.69) is 10.5 Å². The zero-order valence-electron chi connectivity index (χ0n) is 9.34. The first-order chi connectivity index (χ1) is 7.72. The van der Waals surface area contributed by atoms with E-state index in [-0.39, 0.29) is 5.69 Å². The molecule has 0 bridgehead atoms. The van der Waals surface area contributed by atoms with Crippen molar-refractivity contribution in [1.82, 2.24) is 14.5 Å². The van der Waals surface area contributed by atoms with Gasteiger partial charge in [0.05, 0.1) is 5.69 Å². The molecule has 2 rings (SSSR count). The highest BCUT2D eigenvalue weighted by molar-refractivity contribution is 5.42. The van der Waals surface area contributed by atoms with Crippen molar-refractivity contribution in [2.75, 3.05) is 5.43 Å². The van der Waals surface area contributed by atoms with E-state index >= 15 is 0 Å². The molecule has 0 aliphatic carbocycles. The van der Waals surface area contributed by atoms with Crippen LogP contribution < -0.4 is 11.1 Å². The van der Waals surface area contributed by atoms with Crippen molar-refractivity contribution < 1.29 is 0 Å². The summed E-state index contributed by atoms with van der Waals surface area (Å²) in [5.41, 5.74) is 3.74. The van der Waals surface area contributed by atoms with Crippen molar-refractivity contribution in [1.29, 1.82) is 0 Å². The second-order valence-electron chi connectivity index (χ2n) is 3.49. The summed E-state index contributed by atoms with van der Waals surface area (Å²) in [6, 6.07) is 9.56. The zero-order valence-corrected chi connectivity index (χ0v) is 9.34. The number of anilines is 1. The molecule has 0 spiro atoms. The lowest BCUT2D eigenvalue weighted by Gasteiger charge is -2.07. The van der Waals surface area contributed by atoms with Gasteiger partial charge in [0.15, 0.2) is 5.82 Å². The van der Waals surface area contributed by atoms with E-state index in [1.165, 1.54) is 9.36 Å². The Bertz CT molecular complexity index is 527. The molecule has 0 amide bonds. The van der Waals surface area contributed by atoms with Gasteiger partial charge in [0.2, 0.25) is 0 Å². The summed E-state index contributed by atoms with van der Waals surface area (Å²) in [4.78, 5) is 11.8. The van der Waals surface area contributed by atoms with Gasteiger partial charge in [-0.2, -0.15) is 9.77 Å². The van der Waals surface area contributed by atoms with Gasteiger partial charge in [-0.1, -0.05) is 25.1 Å². The summed E-state index contributed by atoms with van der Waals surface area (Å²) in [5.74, 6) is 0.719. The van der Waals surface area contributed by atoms with Gasteiger partial charge in [-0.05, 0) is 12.1 Å². The van der Waals surface area contributed by atoms with Crippen molar-refractivity contribution >= 4 is 5.69 Å². The van der Waals surface area contributed by atoms with Gasteiger partial charge in [0, 0.05) is 13.5 Å². The Morgan fingerprint density at radius 3 is 2.62 bits per heavy atom. The van der Waals surface area contributed by atoms with Crippen LogP contribution in [-0.2, 0) is 13.5 Å². The Balaban J connectivity index is 2.38. The SMILES string of the molecule is CCc1nn(C)c(=O)n1Nc1ccccc1. The number of hydrogen-bond acceptors (Lipinski definition) is 3. The third-order valence-electron chi connectivity index (χ3n) is 2.32. The Morgan fingerprint density at radius 1 is 1.31 bits per heavy atom. The van der Waals surface area contributed by atoms with Gasteiger partial charge in [-0.15, -0.1) is 0 Å². The Hall–Kier alpha value is -2.04. The van der Waals surface area contributed by atoms with Crippen LogP contribution >= 0.6 is 0 Å². The molecule has 5 heteroatoms. The maximum atomic E-state index is 11.8. The quantitative estimate of drug-likeness (QED) is 0.836. The average molecular weight is 218 g/mol. The molecular formula is C11H14N4O. The topological polar surface area (TPSA) is 51.9 Å². The fourth-order valence-electron chi connectivity index (χ4n) is 1.50. The van der Waals surface area contributed by atoms with Crippen LogP contribution in [0.2, 0.25) is 0 Å². The lowest BCUT2D eigenvalue weighted by atomic mass is 10.3. The van der Waals surface area contributed by atoms with E-state index < -0.39 is 0 Å². The minimum Gasteiger partial charge on any atom is -0.289 e. The minimum absolute atomic E-state index is 0.166. The van der Waals surface area contributed by atoms with Gasteiger partial charge in [0.1, 0.15) is 0 Å². The van der Waals surface area contributed by atoms with Gasteiger partial charge >= 0.3 is 5.69 Å². The average Bonchev–Trinajstić information content (AvgIpc) is 2.58. The fourth-order valence-corrected chi connectivity index (χ4v) is 1.50. The molecule has 1 N–H and O–H groups in total. The van der Waals surface area contributed by atoms with E-state index in [1.807, 2.05) is 37.3 Å². The van der Waals surface area contributed by atoms with Crippen LogP contribution in [-0.4, -0.2) is 14.5 Å². The summed E-state index contributed by atoms with van der Waals surface area (Å²) in [7, 11) is 1.64. The number of benzene rings is 1. The molecular weight excluding hydrogens is 204 g/mol. The maximum Gasteiger partial charge on any atom is 0.364 e. The van der Waals surface area contributed by atoms with Crippen LogP contribution in [0.5, 0.6) is 0 Å². The Kier molecular flexibility index (Phi) is 2.76. The van der Waals surface area contributed by atoms with E-state index in [0.717, 1.165) is 11.5 Å². The highest BCUT2D eigenvalue weighted by atomic mass is 16.2. The molecule has 2 aromatic rings. The van der Waals surface area contributed by atoms with E-state index in [1.54, 1.807) is 7.05 Å². The highest BCUT2D eigenvalue weighted by Gasteiger charge is 2.08. The molecule has 0 aliphatic rings. The van der Waals surface area contributed by atoms with Crippen molar-refractivity contribution in [2.24, 2.45) is 7.05 Å². The summed E-state index contributed by atoms with van der Waals surface area (Å²) < 4.78 is 2.80. The normalized spacial score (nSPS) is 10.4. The smallest absolute Gasteiger partial charge is 0.289 e. The predicted molar refractivity (Wildman–Crippen MR) is 62.3 cm³/mol. The van der Waals surface area contributed by atoms with Crippen molar-refractivity contribution in [3.8, 4) is 0 Å². The number of nitrogens with one attached hydrogen (secondary N) is 1. The third kappa shape index (κ3) is 1.84. The highest BCUT2D eigenvalue weighted by Crippen LogP contribution is 2.05. The van der Waals surface area contributed by atoms with Crippen molar-refractivity contribution in [3.63, 3.8) is 0 Å². The zero-order chi connectivity index (χ0) is 11.5. The third-order valence-corrected chi connectivity index (χ3v) is 2.32. The Labute approximate surface area is 93.3 Å². The molecule has 0 saturated heterocycles. The number of para-hydroxylation sites is 1. The predicted octanol–water partition coefficient (Wildman–Crippen LogP) is 1.02. The van der Waals surface area contributed by atoms with Gasteiger partial charge in [-0.3, -0.25) is 5.43 Å². The summed E-state index contributed by atoms with van der Waals surface area (Å²) in [6.07, 6.45) is 0.704. The lowest BCUT2D eigenvalue weighted by Crippen LogP contribution is -2.28. The molecule has 0 unspecified atom stereocenters. The summed E-state index contributed by atoms with van der Waals surface area (Å²) in [6.45, 7) is 1.96. The monoisotopic (exact) mass is 218 g/mol. The first-order valence-corrected chi connectivity index (χ1v) is 5.19. The second-order valence-corrected chi connectivity index (χ2v) is 3.49. The fraction of sp³-hybridized carbons (Fsp3) is 0.273. The van der Waals surface area contributed by atoms with Crippen LogP contribution in [0.15, 0.2) is 35.1 Å². The van der Waals surface area contributed by atoms with E-state index in [9.17, 15) is 4.79 Å². The van der Waals surface area contributed by atoms with Gasteiger partial charge in [-0.25, -0.2) is 9.48 Å². The minimum atomic E-state index is -0.166. The summed E-state index contributed by atoms with van der Waals surface area (Å²) >= 11 is 0. The number of aryl methyl sites for hydroxylation is 2. The van der Waals surface area contributed by atoms with Crippen LogP contribution in [0.25, 0.3) is 0 Å². The van der Waals surface area contributed by atoms with Gasteiger partial charge in [0.25, 0.3) is 0 Å². The first-order valence-electron chi connectivity index (χ1n) is 5.19. The van der Waals surface area contributed by atoms with Gasteiger partial charge < -0.3 is 0 Å². The molecule has 1 heterocycles. The Morgan fingerprint density at radius 2 is 2.00 bits per heavy atom. The van der Waals surface area contributed by atoms with Crippen LogP contribution in [0.4, 0.5) is 5.69 Å². The molecule has 0 aliphatic heterocycles. The first kappa shape index (κ1) is 10.5. The number of hydrogen-bond donors (Lipinski definition) is 1. The lowest BCUT2D eigenvalue weighted by molar-refractivity contribution is 0.716. The molecule has 0 fully saturated rings. The standard InChI is InChI=1S/C11H14N4O/c1-3-10-13-14(2)11(16)15(10)12-9-7-5-4-6-8-9/h4-8,12H,3H2,1-2H3. The molecule has 0 radical (unpaired) electrons. The van der Waals surface area contributed by atoms with E-state index in [4.69, 9.17) is 0 Å². The number of aromatic nitrogens is 3. The van der Waals surface area contributed by atoms with Crippen LogP contribution in [0.3, 0.4) is 0 Å². The van der Waals surface area contributed by atoms with Crippen LogP contribution in [0, 0.1) is 0 Å².